The van der Waals surface area contributed by atoms with E-state index >= 15 is 0 Å². The highest BCUT2D eigenvalue weighted by Gasteiger charge is 2.43. The molecule has 18 heavy (non-hydrogen) atoms. The van der Waals surface area contributed by atoms with Crippen LogP contribution in [0.15, 0.2) is 4.52 Å². The second-order valence-electron chi connectivity index (χ2n) is 5.69. The molecule has 2 saturated carbocycles. The molecular formula is C14H19N3O. The van der Waals surface area contributed by atoms with E-state index < -0.39 is 0 Å². The summed E-state index contributed by atoms with van der Waals surface area (Å²) in [5, 5.41) is 12.9. The highest BCUT2D eigenvalue weighted by molar-refractivity contribution is 5.16. The second-order valence-corrected chi connectivity index (χ2v) is 5.69. The van der Waals surface area contributed by atoms with Crippen LogP contribution in [0.25, 0.3) is 0 Å². The van der Waals surface area contributed by atoms with Gasteiger partial charge in [0.1, 0.15) is 0 Å². The molecule has 2 atom stereocenters. The van der Waals surface area contributed by atoms with Gasteiger partial charge in [0.05, 0.1) is 17.9 Å². The Balaban J connectivity index is 1.62. The Hall–Kier alpha value is -1.37. The molecule has 1 heterocycles. The molecule has 4 nitrogen and oxygen atoms in total. The van der Waals surface area contributed by atoms with E-state index in [2.05, 4.69) is 23.1 Å². The summed E-state index contributed by atoms with van der Waals surface area (Å²) in [6, 6.07) is 2.26. The molecule has 4 heteroatoms. The lowest BCUT2D eigenvalue weighted by Gasteiger charge is -2.25. The largest absolute Gasteiger partial charge is 0.339 e. The first-order valence-electron chi connectivity index (χ1n) is 7.05. The summed E-state index contributed by atoms with van der Waals surface area (Å²) in [6.07, 6.45) is 7.12. The van der Waals surface area contributed by atoms with E-state index in [0.717, 1.165) is 18.2 Å². The van der Waals surface area contributed by atoms with Crippen LogP contribution in [0.3, 0.4) is 0 Å². The van der Waals surface area contributed by atoms with Crippen LogP contribution in [0.1, 0.15) is 69.0 Å². The predicted octanol–water partition coefficient (Wildman–Crippen LogP) is 3.38. The van der Waals surface area contributed by atoms with Gasteiger partial charge in [-0.3, -0.25) is 0 Å². The van der Waals surface area contributed by atoms with E-state index in [1.165, 1.54) is 32.1 Å². The Kier molecular flexibility index (Phi) is 3.07. The minimum atomic E-state index is 0.106. The van der Waals surface area contributed by atoms with Gasteiger partial charge >= 0.3 is 0 Å². The van der Waals surface area contributed by atoms with Crippen molar-refractivity contribution in [2.75, 3.05) is 0 Å². The van der Waals surface area contributed by atoms with Gasteiger partial charge in [0.15, 0.2) is 5.82 Å². The Labute approximate surface area is 107 Å². The summed E-state index contributed by atoms with van der Waals surface area (Å²) in [7, 11) is 0. The molecule has 0 radical (unpaired) electrons. The predicted molar refractivity (Wildman–Crippen MR) is 65.7 cm³/mol. The van der Waals surface area contributed by atoms with Crippen LogP contribution >= 0.6 is 0 Å². The van der Waals surface area contributed by atoms with Gasteiger partial charge in [-0.15, -0.1) is 0 Å². The van der Waals surface area contributed by atoms with Crippen LogP contribution in [0.2, 0.25) is 0 Å². The average molecular weight is 245 g/mol. The molecule has 0 spiro atoms. The van der Waals surface area contributed by atoms with Crippen molar-refractivity contribution in [2.45, 2.75) is 57.3 Å². The Morgan fingerprint density at radius 1 is 1.33 bits per heavy atom. The van der Waals surface area contributed by atoms with Gasteiger partial charge in [0, 0.05) is 5.92 Å². The van der Waals surface area contributed by atoms with Crippen LogP contribution in [0.4, 0.5) is 0 Å². The Bertz CT molecular complexity index is 454. The molecule has 3 rings (SSSR count). The van der Waals surface area contributed by atoms with Crippen LogP contribution in [0, 0.1) is 23.2 Å². The van der Waals surface area contributed by atoms with Crippen molar-refractivity contribution in [3.05, 3.63) is 11.7 Å². The molecular weight excluding hydrogens is 226 g/mol. The first-order chi connectivity index (χ1) is 8.81. The van der Waals surface area contributed by atoms with E-state index in [1.807, 2.05) is 0 Å². The van der Waals surface area contributed by atoms with Crippen LogP contribution < -0.4 is 0 Å². The molecule has 0 aliphatic heterocycles. The lowest BCUT2D eigenvalue weighted by Crippen LogP contribution is -2.13. The number of aromatic nitrogens is 2. The lowest BCUT2D eigenvalue weighted by atomic mass is 9.80. The van der Waals surface area contributed by atoms with Crippen molar-refractivity contribution in [1.29, 1.82) is 5.26 Å². The molecule has 2 aliphatic rings. The zero-order valence-electron chi connectivity index (χ0n) is 10.8. The monoisotopic (exact) mass is 245 g/mol. The third-order valence-electron chi connectivity index (χ3n) is 4.52. The Morgan fingerprint density at radius 3 is 2.72 bits per heavy atom. The third kappa shape index (κ3) is 2.14. The molecule has 0 aromatic carbocycles. The standard InChI is InChI=1S/C14H19N3O/c1-2-9-3-5-10(6-4-9)13-16-14(18-17-13)12-7-11(12)8-15/h9-12H,2-7H2,1H3. The maximum atomic E-state index is 8.81. The normalized spacial score (nSPS) is 35.1. The molecule has 2 fully saturated rings. The zero-order chi connectivity index (χ0) is 12.5. The van der Waals surface area contributed by atoms with Crippen LogP contribution in [0.5, 0.6) is 0 Å². The summed E-state index contributed by atoms with van der Waals surface area (Å²) in [4.78, 5) is 4.52. The van der Waals surface area contributed by atoms with Crippen molar-refractivity contribution in [3.8, 4) is 6.07 Å². The molecule has 0 saturated heterocycles. The van der Waals surface area contributed by atoms with E-state index in [1.54, 1.807) is 0 Å². The third-order valence-corrected chi connectivity index (χ3v) is 4.52. The number of rotatable bonds is 3. The number of nitrogens with zero attached hydrogens (tertiary/aromatic N) is 3. The quantitative estimate of drug-likeness (QED) is 0.819. The van der Waals surface area contributed by atoms with Gasteiger partial charge in [-0.05, 0) is 38.0 Å². The number of hydrogen-bond donors (Lipinski definition) is 0. The van der Waals surface area contributed by atoms with Gasteiger partial charge in [-0.2, -0.15) is 10.2 Å². The molecule has 96 valence electrons. The fraction of sp³-hybridized carbons (Fsp3) is 0.786. The SMILES string of the molecule is CCC1CCC(c2noc(C3CC3C#N)n2)CC1. The van der Waals surface area contributed by atoms with Gasteiger partial charge < -0.3 is 4.52 Å². The van der Waals surface area contributed by atoms with E-state index in [4.69, 9.17) is 9.78 Å². The molecule has 2 unspecified atom stereocenters. The lowest BCUT2D eigenvalue weighted by molar-refractivity contribution is 0.303. The first kappa shape index (κ1) is 11.7. The van der Waals surface area contributed by atoms with Crippen molar-refractivity contribution >= 4 is 0 Å². The molecule has 0 bridgehead atoms. The number of nitriles is 1. The van der Waals surface area contributed by atoms with Crippen molar-refractivity contribution < 1.29 is 4.52 Å². The molecule has 1 aromatic rings. The van der Waals surface area contributed by atoms with E-state index in [-0.39, 0.29) is 11.8 Å². The van der Waals surface area contributed by atoms with Gasteiger partial charge in [0.2, 0.25) is 5.89 Å². The van der Waals surface area contributed by atoms with Crippen molar-refractivity contribution in [3.63, 3.8) is 0 Å². The number of hydrogen-bond acceptors (Lipinski definition) is 4. The van der Waals surface area contributed by atoms with Crippen LogP contribution in [-0.4, -0.2) is 10.1 Å². The first-order valence-corrected chi connectivity index (χ1v) is 7.05. The van der Waals surface area contributed by atoms with Crippen molar-refractivity contribution in [2.24, 2.45) is 11.8 Å². The minimum Gasteiger partial charge on any atom is -0.339 e. The molecule has 2 aliphatic carbocycles. The smallest absolute Gasteiger partial charge is 0.231 e. The fourth-order valence-electron chi connectivity index (χ4n) is 3.00. The summed E-state index contributed by atoms with van der Waals surface area (Å²) >= 11 is 0. The average Bonchev–Trinajstić information content (AvgIpc) is 3.06. The zero-order valence-corrected chi connectivity index (χ0v) is 10.8. The summed E-state index contributed by atoms with van der Waals surface area (Å²) in [5.74, 6) is 3.25. The van der Waals surface area contributed by atoms with E-state index in [0.29, 0.717) is 11.8 Å². The minimum absolute atomic E-state index is 0.106. The van der Waals surface area contributed by atoms with E-state index in [9.17, 15) is 0 Å². The van der Waals surface area contributed by atoms with Crippen molar-refractivity contribution in [1.82, 2.24) is 10.1 Å². The van der Waals surface area contributed by atoms with Gasteiger partial charge in [0.25, 0.3) is 0 Å². The second kappa shape index (κ2) is 4.72. The fourth-order valence-corrected chi connectivity index (χ4v) is 3.00. The molecule has 0 N–H and O–H groups in total. The summed E-state index contributed by atoms with van der Waals surface area (Å²) < 4.78 is 5.31. The maximum Gasteiger partial charge on any atom is 0.231 e. The van der Waals surface area contributed by atoms with Gasteiger partial charge in [-0.1, -0.05) is 18.5 Å². The molecule has 1 aromatic heterocycles. The Morgan fingerprint density at radius 2 is 2.11 bits per heavy atom. The van der Waals surface area contributed by atoms with Crippen LogP contribution in [-0.2, 0) is 0 Å². The van der Waals surface area contributed by atoms with Gasteiger partial charge in [-0.25, -0.2) is 0 Å². The topological polar surface area (TPSA) is 62.7 Å². The summed E-state index contributed by atoms with van der Waals surface area (Å²) in [5.41, 5.74) is 0. The highest BCUT2D eigenvalue weighted by atomic mass is 16.5. The maximum absolute atomic E-state index is 8.81. The molecule has 0 amide bonds. The summed E-state index contributed by atoms with van der Waals surface area (Å²) in [6.45, 7) is 2.27. The highest BCUT2D eigenvalue weighted by Crippen LogP contribution is 2.46.